The molecule has 1 aromatic carbocycles. The molecule has 0 spiro atoms. The van der Waals surface area contributed by atoms with E-state index in [1.807, 2.05) is 24.3 Å². The molecule has 0 radical (unpaired) electrons. The molecule has 0 bridgehead atoms. The summed E-state index contributed by atoms with van der Waals surface area (Å²) in [7, 11) is 0. The average Bonchev–Trinajstić information content (AvgIpc) is 3.34. The summed E-state index contributed by atoms with van der Waals surface area (Å²) < 4.78 is 10.7. The molecule has 124 valence electrons. The Morgan fingerprint density at radius 2 is 2.29 bits per heavy atom. The highest BCUT2D eigenvalue weighted by Gasteiger charge is 2.23. The van der Waals surface area contributed by atoms with E-state index in [0.717, 1.165) is 36.0 Å². The highest BCUT2D eigenvalue weighted by molar-refractivity contribution is 5.87. The van der Waals surface area contributed by atoms with Crippen molar-refractivity contribution < 1.29 is 14.1 Å². The van der Waals surface area contributed by atoms with Gasteiger partial charge in [-0.25, -0.2) is 0 Å². The van der Waals surface area contributed by atoms with Crippen LogP contribution >= 0.6 is 0 Å². The second-order valence-corrected chi connectivity index (χ2v) is 5.72. The number of amides is 1. The first-order valence-electron chi connectivity index (χ1n) is 7.92. The number of benzene rings is 1. The van der Waals surface area contributed by atoms with E-state index >= 15 is 0 Å². The Balaban J connectivity index is 1.35. The van der Waals surface area contributed by atoms with Crippen LogP contribution < -0.4 is 5.32 Å². The van der Waals surface area contributed by atoms with Crippen molar-refractivity contribution in [3.63, 3.8) is 0 Å². The van der Waals surface area contributed by atoms with Crippen LogP contribution in [-0.2, 0) is 22.5 Å². The molecule has 3 aromatic rings. The van der Waals surface area contributed by atoms with Crippen molar-refractivity contribution in [2.45, 2.75) is 31.9 Å². The van der Waals surface area contributed by atoms with E-state index < -0.39 is 0 Å². The van der Waals surface area contributed by atoms with E-state index in [1.165, 1.54) is 0 Å². The van der Waals surface area contributed by atoms with Crippen molar-refractivity contribution >= 4 is 16.8 Å². The first kappa shape index (κ1) is 14.8. The van der Waals surface area contributed by atoms with E-state index in [9.17, 15) is 4.79 Å². The Hall–Kier alpha value is -2.74. The van der Waals surface area contributed by atoms with Gasteiger partial charge in [0.1, 0.15) is 6.10 Å². The fraction of sp³-hybridized carbons (Fsp3) is 0.375. The van der Waals surface area contributed by atoms with E-state index in [0.29, 0.717) is 11.7 Å². The van der Waals surface area contributed by atoms with Crippen molar-refractivity contribution in [1.82, 2.24) is 25.7 Å². The molecule has 1 aliphatic heterocycles. The molecular formula is C16H17N5O3. The van der Waals surface area contributed by atoms with Crippen LogP contribution in [0.25, 0.3) is 10.9 Å². The van der Waals surface area contributed by atoms with Crippen molar-refractivity contribution in [2.24, 2.45) is 0 Å². The van der Waals surface area contributed by atoms with Crippen LogP contribution in [0.4, 0.5) is 0 Å². The summed E-state index contributed by atoms with van der Waals surface area (Å²) in [5, 5.41) is 14.7. The predicted molar refractivity (Wildman–Crippen MR) is 83.9 cm³/mol. The van der Waals surface area contributed by atoms with Crippen LogP contribution in [0.2, 0.25) is 0 Å². The zero-order valence-corrected chi connectivity index (χ0v) is 13.0. The lowest BCUT2D eigenvalue weighted by atomic mass is 10.1. The SMILES string of the molecule is O=C(Cc1[nH]nc2ccccc12)NCc1noc(C2CCCO2)n1. The summed E-state index contributed by atoms with van der Waals surface area (Å²) in [6.07, 6.45) is 1.99. The van der Waals surface area contributed by atoms with Gasteiger partial charge in [-0.2, -0.15) is 10.1 Å². The van der Waals surface area contributed by atoms with Crippen LogP contribution in [0, 0.1) is 0 Å². The maximum atomic E-state index is 12.1. The number of aromatic nitrogens is 4. The lowest BCUT2D eigenvalue weighted by Crippen LogP contribution is -2.25. The number of nitrogens with one attached hydrogen (secondary N) is 2. The van der Waals surface area contributed by atoms with Crippen LogP contribution in [0.15, 0.2) is 28.8 Å². The van der Waals surface area contributed by atoms with E-state index in [2.05, 4.69) is 25.7 Å². The Bertz CT molecular complexity index is 850. The Kier molecular flexibility index (Phi) is 3.96. The number of ether oxygens (including phenoxy) is 1. The molecule has 24 heavy (non-hydrogen) atoms. The van der Waals surface area contributed by atoms with Gasteiger partial charge in [0.2, 0.25) is 5.91 Å². The van der Waals surface area contributed by atoms with Crippen LogP contribution in [0.5, 0.6) is 0 Å². The Morgan fingerprint density at radius 3 is 3.17 bits per heavy atom. The lowest BCUT2D eigenvalue weighted by molar-refractivity contribution is -0.120. The summed E-state index contributed by atoms with van der Waals surface area (Å²) in [5.41, 5.74) is 1.64. The number of rotatable bonds is 5. The number of fused-ring (bicyclic) bond motifs is 1. The summed E-state index contributed by atoms with van der Waals surface area (Å²) in [5.74, 6) is 0.799. The third-order valence-electron chi connectivity index (χ3n) is 4.01. The molecule has 2 N–H and O–H groups in total. The Labute approximate surface area is 137 Å². The standard InChI is InChI=1S/C16H17N5O3/c22-15(8-12-10-4-1-2-5-11(10)19-20-12)17-9-14-18-16(24-21-14)13-6-3-7-23-13/h1-2,4-5,13H,3,6-9H2,(H,17,22)(H,19,20). The van der Waals surface area contributed by atoms with Crippen molar-refractivity contribution in [3.8, 4) is 0 Å². The number of hydrogen-bond acceptors (Lipinski definition) is 6. The zero-order chi connectivity index (χ0) is 16.4. The topological polar surface area (TPSA) is 106 Å². The molecule has 3 heterocycles. The maximum absolute atomic E-state index is 12.1. The average molecular weight is 327 g/mol. The number of nitrogens with zero attached hydrogens (tertiary/aromatic N) is 3. The molecule has 1 fully saturated rings. The monoisotopic (exact) mass is 327 g/mol. The molecule has 8 heteroatoms. The number of aromatic amines is 1. The second kappa shape index (κ2) is 6.40. The minimum Gasteiger partial charge on any atom is -0.368 e. The van der Waals surface area contributed by atoms with Gasteiger partial charge in [0, 0.05) is 12.0 Å². The van der Waals surface area contributed by atoms with Crippen LogP contribution in [0.1, 0.15) is 36.4 Å². The number of carbonyl (C=O) groups excluding carboxylic acids is 1. The molecule has 2 aromatic heterocycles. The second-order valence-electron chi connectivity index (χ2n) is 5.72. The molecule has 0 aliphatic carbocycles. The van der Waals surface area contributed by atoms with Gasteiger partial charge >= 0.3 is 0 Å². The molecule has 1 saturated heterocycles. The van der Waals surface area contributed by atoms with Gasteiger partial charge in [-0.3, -0.25) is 9.89 Å². The maximum Gasteiger partial charge on any atom is 0.255 e. The number of hydrogen-bond donors (Lipinski definition) is 2. The van der Waals surface area contributed by atoms with Crippen molar-refractivity contribution in [3.05, 3.63) is 41.7 Å². The van der Waals surface area contributed by atoms with Gasteiger partial charge in [-0.1, -0.05) is 23.4 Å². The third-order valence-corrected chi connectivity index (χ3v) is 4.01. The molecule has 1 atom stereocenters. The zero-order valence-electron chi connectivity index (χ0n) is 13.0. The summed E-state index contributed by atoms with van der Waals surface area (Å²) in [6.45, 7) is 0.943. The van der Waals surface area contributed by atoms with Crippen LogP contribution in [0.3, 0.4) is 0 Å². The van der Waals surface area contributed by atoms with Gasteiger partial charge in [-0.15, -0.1) is 0 Å². The van der Waals surface area contributed by atoms with Gasteiger partial charge in [0.25, 0.3) is 5.89 Å². The summed E-state index contributed by atoms with van der Waals surface area (Å²) in [4.78, 5) is 16.4. The first-order valence-corrected chi connectivity index (χ1v) is 7.92. The number of carbonyl (C=O) groups is 1. The van der Waals surface area contributed by atoms with E-state index in [4.69, 9.17) is 9.26 Å². The molecule has 0 saturated carbocycles. The summed E-state index contributed by atoms with van der Waals surface area (Å²) in [6, 6.07) is 7.67. The minimum atomic E-state index is -0.132. The first-order chi connectivity index (χ1) is 11.8. The fourth-order valence-electron chi connectivity index (χ4n) is 2.79. The smallest absolute Gasteiger partial charge is 0.255 e. The largest absolute Gasteiger partial charge is 0.368 e. The van der Waals surface area contributed by atoms with Gasteiger partial charge in [-0.05, 0) is 18.9 Å². The van der Waals surface area contributed by atoms with Crippen molar-refractivity contribution in [1.29, 1.82) is 0 Å². The molecule has 1 amide bonds. The summed E-state index contributed by atoms with van der Waals surface area (Å²) >= 11 is 0. The molecule has 1 aliphatic rings. The molecular weight excluding hydrogens is 310 g/mol. The van der Waals surface area contributed by atoms with E-state index in [-0.39, 0.29) is 25.0 Å². The predicted octanol–water partition coefficient (Wildman–Crippen LogP) is 1.66. The number of para-hydroxylation sites is 1. The normalized spacial score (nSPS) is 17.4. The quantitative estimate of drug-likeness (QED) is 0.738. The molecule has 1 unspecified atom stereocenters. The third kappa shape index (κ3) is 3.00. The molecule has 8 nitrogen and oxygen atoms in total. The Morgan fingerprint density at radius 1 is 1.38 bits per heavy atom. The van der Waals surface area contributed by atoms with Gasteiger partial charge in [0.05, 0.1) is 24.2 Å². The highest BCUT2D eigenvalue weighted by atomic mass is 16.5. The minimum absolute atomic E-state index is 0.113. The highest BCUT2D eigenvalue weighted by Crippen LogP contribution is 2.26. The van der Waals surface area contributed by atoms with Gasteiger partial charge in [0.15, 0.2) is 5.82 Å². The van der Waals surface area contributed by atoms with Crippen molar-refractivity contribution in [2.75, 3.05) is 6.61 Å². The number of H-pyrrole nitrogens is 1. The lowest BCUT2D eigenvalue weighted by Gasteiger charge is -2.02. The van der Waals surface area contributed by atoms with Gasteiger partial charge < -0.3 is 14.6 Å². The fourth-order valence-corrected chi connectivity index (χ4v) is 2.79. The molecule has 4 rings (SSSR count). The van der Waals surface area contributed by atoms with E-state index in [1.54, 1.807) is 0 Å². The van der Waals surface area contributed by atoms with Crippen LogP contribution in [-0.4, -0.2) is 32.9 Å².